The van der Waals surface area contributed by atoms with Gasteiger partial charge < -0.3 is 10.4 Å². The topological polar surface area (TPSA) is 62.2 Å². The summed E-state index contributed by atoms with van der Waals surface area (Å²) in [6.07, 6.45) is 4.27. The summed E-state index contributed by atoms with van der Waals surface area (Å²) in [5, 5.41) is 12.0. The van der Waals surface area contributed by atoms with E-state index in [-0.39, 0.29) is 5.69 Å². The van der Waals surface area contributed by atoms with Crippen molar-refractivity contribution in [1.82, 2.24) is 4.98 Å². The number of anilines is 1. The summed E-state index contributed by atoms with van der Waals surface area (Å²) < 4.78 is 0. The van der Waals surface area contributed by atoms with E-state index in [2.05, 4.69) is 17.2 Å². The van der Waals surface area contributed by atoms with E-state index in [9.17, 15) is 4.79 Å². The van der Waals surface area contributed by atoms with E-state index in [0.717, 1.165) is 18.2 Å². The SMILES string of the molecule is CC(CNc1ccc(C(=O)O)nc1)C1CC1. The van der Waals surface area contributed by atoms with Crippen LogP contribution in [0.15, 0.2) is 18.3 Å². The fourth-order valence-electron chi connectivity index (χ4n) is 1.74. The van der Waals surface area contributed by atoms with Crippen LogP contribution in [-0.4, -0.2) is 22.6 Å². The molecule has 4 heteroatoms. The first-order valence-electron chi connectivity index (χ1n) is 5.60. The Morgan fingerprint density at radius 1 is 1.62 bits per heavy atom. The van der Waals surface area contributed by atoms with Gasteiger partial charge in [0.1, 0.15) is 5.69 Å². The summed E-state index contributed by atoms with van der Waals surface area (Å²) in [6.45, 7) is 3.17. The molecule has 0 spiro atoms. The van der Waals surface area contributed by atoms with Crippen molar-refractivity contribution in [2.45, 2.75) is 19.8 Å². The van der Waals surface area contributed by atoms with Crippen molar-refractivity contribution in [2.75, 3.05) is 11.9 Å². The quantitative estimate of drug-likeness (QED) is 0.798. The largest absolute Gasteiger partial charge is 0.477 e. The number of carboxylic acids is 1. The van der Waals surface area contributed by atoms with Crippen molar-refractivity contribution in [3.05, 3.63) is 24.0 Å². The lowest BCUT2D eigenvalue weighted by molar-refractivity contribution is 0.0690. The second-order valence-corrected chi connectivity index (χ2v) is 4.43. The third kappa shape index (κ3) is 2.72. The Kier molecular flexibility index (Phi) is 3.08. The van der Waals surface area contributed by atoms with Gasteiger partial charge in [-0.25, -0.2) is 9.78 Å². The van der Waals surface area contributed by atoms with Crippen molar-refractivity contribution in [3.8, 4) is 0 Å². The van der Waals surface area contributed by atoms with Gasteiger partial charge >= 0.3 is 5.97 Å². The van der Waals surface area contributed by atoms with Gasteiger partial charge in [0.15, 0.2) is 0 Å². The van der Waals surface area contributed by atoms with Gasteiger partial charge in [0.25, 0.3) is 0 Å². The molecule has 1 unspecified atom stereocenters. The molecule has 0 amide bonds. The van der Waals surface area contributed by atoms with E-state index in [4.69, 9.17) is 5.11 Å². The van der Waals surface area contributed by atoms with Crippen LogP contribution >= 0.6 is 0 Å². The molecule has 0 aromatic carbocycles. The van der Waals surface area contributed by atoms with Crippen molar-refractivity contribution >= 4 is 11.7 Å². The minimum absolute atomic E-state index is 0.0841. The lowest BCUT2D eigenvalue weighted by Gasteiger charge is -2.12. The summed E-state index contributed by atoms with van der Waals surface area (Å²) in [7, 11) is 0. The maximum absolute atomic E-state index is 10.6. The van der Waals surface area contributed by atoms with Gasteiger partial charge in [-0.15, -0.1) is 0 Å². The number of nitrogens with zero attached hydrogens (tertiary/aromatic N) is 1. The molecule has 0 bridgehead atoms. The molecule has 1 aromatic rings. The number of hydrogen-bond acceptors (Lipinski definition) is 3. The molecule has 1 heterocycles. The smallest absolute Gasteiger partial charge is 0.354 e. The van der Waals surface area contributed by atoms with Crippen LogP contribution in [0.5, 0.6) is 0 Å². The van der Waals surface area contributed by atoms with Crippen LogP contribution < -0.4 is 5.32 Å². The highest BCUT2D eigenvalue weighted by molar-refractivity contribution is 5.85. The zero-order valence-electron chi connectivity index (χ0n) is 9.31. The van der Waals surface area contributed by atoms with Crippen LogP contribution in [-0.2, 0) is 0 Å². The van der Waals surface area contributed by atoms with Crippen molar-refractivity contribution < 1.29 is 9.90 Å². The van der Waals surface area contributed by atoms with Crippen molar-refractivity contribution in [3.63, 3.8) is 0 Å². The minimum Gasteiger partial charge on any atom is -0.477 e. The molecule has 86 valence electrons. The Hall–Kier alpha value is -1.58. The zero-order valence-corrected chi connectivity index (χ0v) is 9.31. The molecule has 4 nitrogen and oxygen atoms in total. The van der Waals surface area contributed by atoms with E-state index in [1.165, 1.54) is 18.9 Å². The maximum Gasteiger partial charge on any atom is 0.354 e. The van der Waals surface area contributed by atoms with E-state index in [0.29, 0.717) is 5.92 Å². The fraction of sp³-hybridized carbons (Fsp3) is 0.500. The Morgan fingerprint density at radius 2 is 2.38 bits per heavy atom. The normalized spacial score (nSPS) is 16.8. The number of pyridine rings is 1. The predicted octanol–water partition coefficient (Wildman–Crippen LogP) is 2.24. The standard InChI is InChI=1S/C12H16N2O2/c1-8(9-2-3-9)6-13-10-4-5-11(12(15)16)14-7-10/h4-5,7-9,13H,2-3,6H2,1H3,(H,15,16). The van der Waals surface area contributed by atoms with Crippen LogP contribution in [0.25, 0.3) is 0 Å². The number of carbonyl (C=O) groups is 1. The Balaban J connectivity index is 1.86. The van der Waals surface area contributed by atoms with E-state index in [1.807, 2.05) is 0 Å². The van der Waals surface area contributed by atoms with E-state index >= 15 is 0 Å². The minimum atomic E-state index is -0.988. The molecule has 16 heavy (non-hydrogen) atoms. The Morgan fingerprint density at radius 3 is 2.88 bits per heavy atom. The maximum atomic E-state index is 10.6. The van der Waals surface area contributed by atoms with Gasteiger partial charge in [0.05, 0.1) is 11.9 Å². The molecule has 1 atom stereocenters. The first-order valence-corrected chi connectivity index (χ1v) is 5.60. The highest BCUT2D eigenvalue weighted by Gasteiger charge is 2.27. The third-order valence-electron chi connectivity index (χ3n) is 3.04. The van der Waals surface area contributed by atoms with Gasteiger partial charge in [-0.3, -0.25) is 0 Å². The molecule has 0 aliphatic heterocycles. The molecular formula is C12H16N2O2. The third-order valence-corrected chi connectivity index (χ3v) is 3.04. The molecule has 2 rings (SSSR count). The summed E-state index contributed by atoms with van der Waals surface area (Å²) >= 11 is 0. The van der Waals surface area contributed by atoms with Gasteiger partial charge in [0, 0.05) is 6.54 Å². The van der Waals surface area contributed by atoms with Crippen LogP contribution in [0.3, 0.4) is 0 Å². The molecule has 0 saturated heterocycles. The number of aromatic carboxylic acids is 1. The van der Waals surface area contributed by atoms with Crippen LogP contribution in [0.2, 0.25) is 0 Å². The highest BCUT2D eigenvalue weighted by atomic mass is 16.4. The first-order chi connectivity index (χ1) is 7.66. The monoisotopic (exact) mass is 220 g/mol. The highest BCUT2D eigenvalue weighted by Crippen LogP contribution is 2.36. The Bertz CT molecular complexity index is 371. The number of hydrogen-bond donors (Lipinski definition) is 2. The number of aromatic nitrogens is 1. The molecule has 0 radical (unpaired) electrons. The molecule has 1 aromatic heterocycles. The van der Waals surface area contributed by atoms with E-state index in [1.54, 1.807) is 12.3 Å². The van der Waals surface area contributed by atoms with E-state index < -0.39 is 5.97 Å². The zero-order chi connectivity index (χ0) is 11.5. The molecule has 1 aliphatic carbocycles. The molecular weight excluding hydrogens is 204 g/mol. The van der Waals surface area contributed by atoms with Gasteiger partial charge in [-0.2, -0.15) is 0 Å². The van der Waals surface area contributed by atoms with Crippen LogP contribution in [0, 0.1) is 11.8 Å². The second kappa shape index (κ2) is 4.51. The number of nitrogens with one attached hydrogen (secondary N) is 1. The molecule has 1 saturated carbocycles. The van der Waals surface area contributed by atoms with Crippen LogP contribution in [0.1, 0.15) is 30.3 Å². The first kappa shape index (κ1) is 10.9. The molecule has 1 aliphatic rings. The van der Waals surface area contributed by atoms with Gasteiger partial charge in [0.2, 0.25) is 0 Å². The number of rotatable bonds is 5. The van der Waals surface area contributed by atoms with Crippen LogP contribution in [0.4, 0.5) is 5.69 Å². The summed E-state index contributed by atoms with van der Waals surface area (Å²) in [4.78, 5) is 14.4. The Labute approximate surface area is 94.7 Å². The molecule has 2 N–H and O–H groups in total. The summed E-state index contributed by atoms with van der Waals surface area (Å²) in [6, 6.07) is 3.28. The summed E-state index contributed by atoms with van der Waals surface area (Å²) in [5.41, 5.74) is 0.971. The number of carboxylic acid groups (broad SMARTS) is 1. The second-order valence-electron chi connectivity index (χ2n) is 4.43. The lowest BCUT2D eigenvalue weighted by Crippen LogP contribution is -2.13. The average molecular weight is 220 g/mol. The summed E-state index contributed by atoms with van der Waals surface area (Å²) in [5.74, 6) is 0.566. The van der Waals surface area contributed by atoms with Crippen molar-refractivity contribution in [2.24, 2.45) is 11.8 Å². The van der Waals surface area contributed by atoms with Crippen molar-refractivity contribution in [1.29, 1.82) is 0 Å². The predicted molar refractivity (Wildman–Crippen MR) is 61.6 cm³/mol. The lowest BCUT2D eigenvalue weighted by atomic mass is 10.1. The van der Waals surface area contributed by atoms with Gasteiger partial charge in [-0.05, 0) is 36.8 Å². The molecule has 1 fully saturated rings. The fourth-order valence-corrected chi connectivity index (χ4v) is 1.74. The average Bonchev–Trinajstić information content (AvgIpc) is 3.10. The van der Waals surface area contributed by atoms with Gasteiger partial charge in [-0.1, -0.05) is 6.92 Å².